The van der Waals surface area contributed by atoms with Gasteiger partial charge in [-0.05, 0) is 47.6 Å². The Bertz CT molecular complexity index is 1610. The Labute approximate surface area is 196 Å². The average molecular weight is 472 g/mol. The maximum atomic E-state index is 13.3. The normalized spacial score (nSPS) is 14.2. The van der Waals surface area contributed by atoms with Crippen LogP contribution in [0.2, 0.25) is 0 Å². The molecule has 0 N–H and O–H groups in total. The quantitative estimate of drug-likeness (QED) is 0.337. The minimum Gasteiger partial charge on any atom is -0.456 e. The molecule has 0 saturated carbocycles. The van der Waals surface area contributed by atoms with Crippen molar-refractivity contribution in [2.75, 3.05) is 0 Å². The van der Waals surface area contributed by atoms with Gasteiger partial charge in [0, 0.05) is 27.9 Å². The average Bonchev–Trinajstić information content (AvgIpc) is 3.58. The van der Waals surface area contributed by atoms with Crippen molar-refractivity contribution in [3.05, 3.63) is 97.2 Å². The molecular weight excluding hydrogens is 454 g/mol. The summed E-state index contributed by atoms with van der Waals surface area (Å²) in [7, 11) is 0. The van der Waals surface area contributed by atoms with Crippen LogP contribution >= 0.6 is 22.7 Å². The van der Waals surface area contributed by atoms with E-state index < -0.39 is 5.97 Å². The second-order valence-corrected chi connectivity index (χ2v) is 9.59. The SMILES string of the molecule is O=C(OCc1cc(=O)n2ccsc2n1)c1c2c(nc3ccccc13)/C(=C/c1cccs1)CC2. The lowest BCUT2D eigenvalue weighted by atomic mass is 10.0. The molecule has 0 fully saturated rings. The molecule has 33 heavy (non-hydrogen) atoms. The van der Waals surface area contributed by atoms with Gasteiger partial charge in [0.05, 0.1) is 22.5 Å². The summed E-state index contributed by atoms with van der Waals surface area (Å²) in [6, 6.07) is 13.1. The molecule has 0 bridgehead atoms. The number of nitrogens with zero attached hydrogens (tertiary/aromatic N) is 3. The van der Waals surface area contributed by atoms with Gasteiger partial charge in [0.2, 0.25) is 0 Å². The molecule has 0 radical (unpaired) electrons. The topological polar surface area (TPSA) is 73.6 Å². The third-order valence-electron chi connectivity index (χ3n) is 5.71. The van der Waals surface area contributed by atoms with Crippen LogP contribution in [0.1, 0.15) is 38.6 Å². The third kappa shape index (κ3) is 3.57. The molecular formula is C25H17N3O3S2. The molecule has 6 rings (SSSR count). The monoisotopic (exact) mass is 471 g/mol. The van der Waals surface area contributed by atoms with Crippen LogP contribution in [0.4, 0.5) is 0 Å². The van der Waals surface area contributed by atoms with E-state index in [1.54, 1.807) is 22.9 Å². The smallest absolute Gasteiger partial charge is 0.339 e. The number of fused-ring (bicyclic) bond motifs is 3. The third-order valence-corrected chi connectivity index (χ3v) is 7.29. The van der Waals surface area contributed by atoms with Crippen LogP contribution in [0.5, 0.6) is 0 Å². The highest BCUT2D eigenvalue weighted by molar-refractivity contribution is 7.15. The highest BCUT2D eigenvalue weighted by atomic mass is 32.1. The molecule has 0 amide bonds. The number of benzene rings is 1. The fourth-order valence-electron chi connectivity index (χ4n) is 4.23. The Kier molecular flexibility index (Phi) is 4.89. The Morgan fingerprint density at radius 2 is 2.00 bits per heavy atom. The zero-order valence-corrected chi connectivity index (χ0v) is 19.0. The van der Waals surface area contributed by atoms with Crippen molar-refractivity contribution in [2.45, 2.75) is 19.4 Å². The molecule has 0 atom stereocenters. The number of carbonyl (C=O) groups is 1. The highest BCUT2D eigenvalue weighted by Gasteiger charge is 2.27. The number of rotatable bonds is 4. The standard InChI is InChI=1S/C25H17N3O3S2/c29-21-13-16(26-25-28(21)9-11-33-25)14-31-24(30)22-18-5-1-2-6-20(18)27-23-15(7-8-19(22)23)12-17-4-3-10-32-17/h1-6,9-13H,7-8,14H2/b15-12+. The van der Waals surface area contributed by atoms with Crippen molar-refractivity contribution in [3.63, 3.8) is 0 Å². The van der Waals surface area contributed by atoms with Gasteiger partial charge in [-0.2, -0.15) is 0 Å². The summed E-state index contributed by atoms with van der Waals surface area (Å²) in [6.45, 7) is -0.0637. The van der Waals surface area contributed by atoms with Gasteiger partial charge in [-0.1, -0.05) is 24.3 Å². The fourth-order valence-corrected chi connectivity index (χ4v) is 5.65. The minimum absolute atomic E-state index is 0.0637. The van der Waals surface area contributed by atoms with E-state index in [0.29, 0.717) is 16.2 Å². The summed E-state index contributed by atoms with van der Waals surface area (Å²) in [4.78, 5) is 36.7. The number of thiophene rings is 1. The first-order chi connectivity index (χ1) is 16.2. The maximum Gasteiger partial charge on any atom is 0.339 e. The van der Waals surface area contributed by atoms with E-state index in [-0.39, 0.29) is 12.2 Å². The summed E-state index contributed by atoms with van der Waals surface area (Å²) < 4.78 is 7.15. The van der Waals surface area contributed by atoms with Crippen LogP contribution in [-0.4, -0.2) is 20.3 Å². The second kappa shape index (κ2) is 8.06. The van der Waals surface area contributed by atoms with Gasteiger partial charge in [0.25, 0.3) is 5.56 Å². The van der Waals surface area contributed by atoms with Gasteiger partial charge in [-0.25, -0.2) is 14.8 Å². The zero-order valence-electron chi connectivity index (χ0n) is 17.4. The largest absolute Gasteiger partial charge is 0.456 e. The lowest BCUT2D eigenvalue weighted by Gasteiger charge is -2.12. The summed E-state index contributed by atoms with van der Waals surface area (Å²) in [5, 5.41) is 4.62. The van der Waals surface area contributed by atoms with Crippen LogP contribution in [0, 0.1) is 0 Å². The molecule has 1 aromatic carbocycles. The predicted octanol–water partition coefficient (Wildman–Crippen LogP) is 5.21. The molecule has 0 spiro atoms. The number of pyridine rings is 1. The van der Waals surface area contributed by atoms with Gasteiger partial charge in [0.1, 0.15) is 6.61 Å². The van der Waals surface area contributed by atoms with E-state index in [1.165, 1.54) is 26.7 Å². The number of carbonyl (C=O) groups excluding carboxylic acids is 1. The van der Waals surface area contributed by atoms with Crippen molar-refractivity contribution in [2.24, 2.45) is 0 Å². The first kappa shape index (κ1) is 20.0. The number of hydrogen-bond donors (Lipinski definition) is 0. The Morgan fingerprint density at radius 3 is 2.88 bits per heavy atom. The summed E-state index contributed by atoms with van der Waals surface area (Å²) in [6.07, 6.45) is 5.39. The van der Waals surface area contributed by atoms with Crippen molar-refractivity contribution < 1.29 is 9.53 Å². The van der Waals surface area contributed by atoms with Crippen LogP contribution < -0.4 is 5.56 Å². The molecule has 0 aliphatic heterocycles. The molecule has 4 aromatic heterocycles. The minimum atomic E-state index is -0.421. The molecule has 5 aromatic rings. The van der Waals surface area contributed by atoms with Crippen LogP contribution in [0.3, 0.4) is 0 Å². The van der Waals surface area contributed by atoms with Crippen molar-refractivity contribution in [3.8, 4) is 0 Å². The molecule has 8 heteroatoms. The van der Waals surface area contributed by atoms with Gasteiger partial charge >= 0.3 is 5.97 Å². The summed E-state index contributed by atoms with van der Waals surface area (Å²) >= 11 is 3.04. The first-order valence-corrected chi connectivity index (χ1v) is 12.2. The number of allylic oxidation sites excluding steroid dienone is 1. The maximum absolute atomic E-state index is 13.3. The zero-order chi connectivity index (χ0) is 22.4. The number of esters is 1. The Morgan fingerprint density at radius 1 is 1.09 bits per heavy atom. The van der Waals surface area contributed by atoms with Crippen molar-refractivity contribution >= 4 is 56.2 Å². The number of hydrogen-bond acceptors (Lipinski definition) is 7. The number of aromatic nitrogens is 3. The first-order valence-electron chi connectivity index (χ1n) is 10.5. The lowest BCUT2D eigenvalue weighted by Crippen LogP contribution is -2.15. The molecule has 1 aliphatic carbocycles. The summed E-state index contributed by atoms with van der Waals surface area (Å²) in [5.41, 5.74) is 4.48. The Balaban J connectivity index is 1.38. The second-order valence-electron chi connectivity index (χ2n) is 7.73. The number of thiazole rings is 1. The van der Waals surface area contributed by atoms with E-state index in [0.717, 1.165) is 40.6 Å². The molecule has 6 nitrogen and oxygen atoms in total. The molecule has 1 aliphatic rings. The van der Waals surface area contributed by atoms with E-state index in [1.807, 2.05) is 35.7 Å². The number of para-hydroxylation sites is 1. The Hall–Kier alpha value is -3.62. The molecule has 0 unspecified atom stereocenters. The van der Waals surface area contributed by atoms with Crippen molar-refractivity contribution in [1.82, 2.24) is 14.4 Å². The van der Waals surface area contributed by atoms with E-state index in [4.69, 9.17) is 9.72 Å². The van der Waals surface area contributed by atoms with E-state index >= 15 is 0 Å². The van der Waals surface area contributed by atoms with Gasteiger partial charge < -0.3 is 4.74 Å². The summed E-state index contributed by atoms with van der Waals surface area (Å²) in [5.74, 6) is -0.421. The van der Waals surface area contributed by atoms with Crippen LogP contribution in [0.15, 0.2) is 64.2 Å². The van der Waals surface area contributed by atoms with Gasteiger partial charge in [-0.3, -0.25) is 9.20 Å². The molecule has 4 heterocycles. The van der Waals surface area contributed by atoms with Crippen LogP contribution in [0.25, 0.3) is 27.5 Å². The van der Waals surface area contributed by atoms with Crippen LogP contribution in [-0.2, 0) is 17.8 Å². The lowest BCUT2D eigenvalue weighted by molar-refractivity contribution is 0.0469. The predicted molar refractivity (Wildman–Crippen MR) is 131 cm³/mol. The molecule has 0 saturated heterocycles. The fraction of sp³-hybridized carbons (Fsp3) is 0.120. The van der Waals surface area contributed by atoms with Gasteiger partial charge in [0.15, 0.2) is 4.96 Å². The van der Waals surface area contributed by atoms with E-state index in [9.17, 15) is 9.59 Å². The highest BCUT2D eigenvalue weighted by Crippen LogP contribution is 2.38. The number of ether oxygens (including phenoxy) is 1. The molecule has 162 valence electrons. The van der Waals surface area contributed by atoms with E-state index in [2.05, 4.69) is 17.1 Å². The van der Waals surface area contributed by atoms with Gasteiger partial charge in [-0.15, -0.1) is 22.7 Å². The van der Waals surface area contributed by atoms with Crippen molar-refractivity contribution in [1.29, 1.82) is 0 Å².